The number of carbonyl (C=O) groups is 1. The van der Waals surface area contributed by atoms with Crippen LogP contribution < -0.4 is 10.2 Å². The van der Waals surface area contributed by atoms with Crippen LogP contribution in [0.25, 0.3) is 11.3 Å². The Morgan fingerprint density at radius 1 is 1.38 bits per heavy atom. The Hall–Kier alpha value is -2.54. The van der Waals surface area contributed by atoms with Gasteiger partial charge in [-0.25, -0.2) is 9.47 Å². The molecule has 3 N–H and O–H groups in total. The van der Waals surface area contributed by atoms with Crippen LogP contribution in [0, 0.1) is 0 Å². The number of aliphatic hydroxyl groups is 1. The number of carboxylic acid groups (broad SMARTS) is 1. The first-order chi connectivity index (χ1) is 11.5. The first-order valence-electron chi connectivity index (χ1n) is 8.00. The van der Waals surface area contributed by atoms with Crippen LogP contribution in [0.1, 0.15) is 37.2 Å². The molecule has 24 heavy (non-hydrogen) atoms. The van der Waals surface area contributed by atoms with Crippen molar-refractivity contribution in [1.29, 1.82) is 0 Å². The number of aromatic nitrogens is 2. The molecule has 1 heterocycles. The molecule has 0 fully saturated rings. The number of benzene rings is 1. The summed E-state index contributed by atoms with van der Waals surface area (Å²) < 4.78 is 7.05. The van der Waals surface area contributed by atoms with E-state index in [1.807, 2.05) is 30.3 Å². The molecule has 130 valence electrons. The Balaban J connectivity index is 2.48. The standard InChI is InChI=1S/C17H23N3O4/c1-3-4-10-18-20-15(13-8-6-5-7-9-13)14(16(22)23)19-17(20)24-11-12(2)21/h5-9,12,18,21H,3-4,10-11H2,1-2H3,(H,22,23). The zero-order valence-electron chi connectivity index (χ0n) is 13.9. The lowest BCUT2D eigenvalue weighted by atomic mass is 10.1. The maximum Gasteiger partial charge on any atom is 0.356 e. The van der Waals surface area contributed by atoms with Gasteiger partial charge in [0.05, 0.1) is 6.10 Å². The highest BCUT2D eigenvalue weighted by atomic mass is 16.5. The lowest BCUT2D eigenvalue weighted by molar-refractivity contribution is 0.0690. The van der Waals surface area contributed by atoms with Gasteiger partial charge >= 0.3 is 12.0 Å². The monoisotopic (exact) mass is 333 g/mol. The molecule has 0 bridgehead atoms. The van der Waals surface area contributed by atoms with E-state index >= 15 is 0 Å². The highest BCUT2D eigenvalue weighted by molar-refractivity contribution is 5.93. The van der Waals surface area contributed by atoms with Gasteiger partial charge in [0.1, 0.15) is 12.3 Å². The molecule has 0 spiro atoms. The van der Waals surface area contributed by atoms with Crippen molar-refractivity contribution in [2.75, 3.05) is 18.6 Å². The topological polar surface area (TPSA) is 96.6 Å². The predicted molar refractivity (Wildman–Crippen MR) is 90.9 cm³/mol. The predicted octanol–water partition coefficient (Wildman–Crippen LogP) is 2.35. The van der Waals surface area contributed by atoms with Crippen molar-refractivity contribution in [3.8, 4) is 17.3 Å². The van der Waals surface area contributed by atoms with Crippen molar-refractivity contribution in [3.05, 3.63) is 36.0 Å². The van der Waals surface area contributed by atoms with Crippen LogP contribution in [0.15, 0.2) is 30.3 Å². The van der Waals surface area contributed by atoms with Gasteiger partial charge in [0, 0.05) is 12.1 Å². The summed E-state index contributed by atoms with van der Waals surface area (Å²) in [5, 5.41) is 18.9. The molecule has 2 rings (SSSR count). The van der Waals surface area contributed by atoms with Crippen LogP contribution in [0.4, 0.5) is 0 Å². The van der Waals surface area contributed by atoms with E-state index < -0.39 is 12.1 Å². The fourth-order valence-corrected chi connectivity index (χ4v) is 2.22. The maximum atomic E-state index is 11.6. The minimum absolute atomic E-state index is 0.0275. The van der Waals surface area contributed by atoms with E-state index in [0.29, 0.717) is 12.2 Å². The Kier molecular flexibility index (Phi) is 6.20. The largest absolute Gasteiger partial charge is 0.476 e. The molecule has 1 aromatic carbocycles. The molecular weight excluding hydrogens is 310 g/mol. The molecule has 2 aromatic rings. The Bertz CT molecular complexity index is 668. The Morgan fingerprint density at radius 2 is 2.08 bits per heavy atom. The smallest absolute Gasteiger partial charge is 0.356 e. The third-order valence-corrected chi connectivity index (χ3v) is 3.35. The number of unbranched alkanes of at least 4 members (excludes halogenated alkanes) is 1. The van der Waals surface area contributed by atoms with E-state index in [1.165, 1.54) is 0 Å². The van der Waals surface area contributed by atoms with Crippen LogP contribution >= 0.6 is 0 Å². The normalized spacial score (nSPS) is 12.0. The molecule has 1 atom stereocenters. The van der Waals surface area contributed by atoms with Crippen molar-refractivity contribution in [2.24, 2.45) is 0 Å². The Labute approximate surface area is 140 Å². The van der Waals surface area contributed by atoms with Crippen molar-refractivity contribution in [3.63, 3.8) is 0 Å². The zero-order valence-corrected chi connectivity index (χ0v) is 13.9. The number of nitrogens with one attached hydrogen (secondary N) is 1. The summed E-state index contributed by atoms with van der Waals surface area (Å²) in [6.07, 6.45) is 1.24. The second kappa shape index (κ2) is 8.35. The van der Waals surface area contributed by atoms with Gasteiger partial charge < -0.3 is 20.4 Å². The number of hydrogen-bond acceptors (Lipinski definition) is 5. The molecule has 0 amide bonds. The molecule has 1 aromatic heterocycles. The first-order valence-corrected chi connectivity index (χ1v) is 8.00. The van der Waals surface area contributed by atoms with Crippen LogP contribution in [0.3, 0.4) is 0 Å². The first kappa shape index (κ1) is 17.8. The summed E-state index contributed by atoms with van der Waals surface area (Å²) in [5.41, 5.74) is 4.22. The van der Waals surface area contributed by atoms with E-state index in [1.54, 1.807) is 11.6 Å². The fraction of sp³-hybridized carbons (Fsp3) is 0.412. The molecular formula is C17H23N3O4. The van der Waals surface area contributed by atoms with E-state index in [0.717, 1.165) is 18.4 Å². The van der Waals surface area contributed by atoms with Gasteiger partial charge in [-0.15, -0.1) is 0 Å². The third-order valence-electron chi connectivity index (χ3n) is 3.35. The van der Waals surface area contributed by atoms with Crippen molar-refractivity contribution >= 4 is 5.97 Å². The molecule has 0 saturated heterocycles. The van der Waals surface area contributed by atoms with Crippen molar-refractivity contribution in [1.82, 2.24) is 9.66 Å². The number of aromatic carboxylic acids is 1. The van der Waals surface area contributed by atoms with Gasteiger partial charge in [-0.1, -0.05) is 43.7 Å². The van der Waals surface area contributed by atoms with Crippen LogP contribution in [0.5, 0.6) is 6.01 Å². The summed E-state index contributed by atoms with van der Waals surface area (Å²) in [4.78, 5) is 15.7. The SMILES string of the molecule is CCCCNn1c(OCC(C)O)nc(C(=O)O)c1-c1ccccc1. The van der Waals surface area contributed by atoms with E-state index in [4.69, 9.17) is 4.74 Å². The van der Waals surface area contributed by atoms with Crippen LogP contribution in [-0.4, -0.2) is 45.1 Å². The molecule has 0 radical (unpaired) electrons. The van der Waals surface area contributed by atoms with Gasteiger partial charge in [0.15, 0.2) is 5.69 Å². The van der Waals surface area contributed by atoms with Gasteiger partial charge in [-0.2, -0.15) is 4.98 Å². The number of hydrogen-bond donors (Lipinski definition) is 3. The van der Waals surface area contributed by atoms with Gasteiger partial charge in [0.25, 0.3) is 0 Å². The van der Waals surface area contributed by atoms with Crippen LogP contribution in [-0.2, 0) is 0 Å². The molecule has 1 unspecified atom stereocenters. The fourth-order valence-electron chi connectivity index (χ4n) is 2.22. The third kappa shape index (κ3) is 4.26. The number of nitrogens with zero attached hydrogens (tertiary/aromatic N) is 2. The van der Waals surface area contributed by atoms with Gasteiger partial charge in [-0.3, -0.25) is 0 Å². The highest BCUT2D eigenvalue weighted by Gasteiger charge is 2.24. The molecule has 0 aliphatic carbocycles. The quantitative estimate of drug-likeness (QED) is 0.610. The van der Waals surface area contributed by atoms with Gasteiger partial charge in [-0.05, 0) is 13.3 Å². The molecule has 7 nitrogen and oxygen atoms in total. The summed E-state index contributed by atoms with van der Waals surface area (Å²) in [5.74, 6) is -1.13. The van der Waals surface area contributed by atoms with E-state index in [-0.39, 0.29) is 18.3 Å². The maximum absolute atomic E-state index is 11.6. The lowest BCUT2D eigenvalue weighted by Gasteiger charge is -2.15. The van der Waals surface area contributed by atoms with E-state index in [9.17, 15) is 15.0 Å². The summed E-state index contributed by atoms with van der Waals surface area (Å²) in [7, 11) is 0. The zero-order chi connectivity index (χ0) is 17.5. The number of carboxylic acids is 1. The average molecular weight is 333 g/mol. The number of imidazole rings is 1. The van der Waals surface area contributed by atoms with Crippen molar-refractivity contribution in [2.45, 2.75) is 32.8 Å². The van der Waals surface area contributed by atoms with E-state index in [2.05, 4.69) is 17.3 Å². The number of ether oxygens (including phenoxy) is 1. The number of aliphatic hydroxyl groups excluding tert-OH is 1. The van der Waals surface area contributed by atoms with Crippen LogP contribution in [0.2, 0.25) is 0 Å². The molecule has 0 saturated carbocycles. The molecule has 7 heteroatoms. The summed E-state index contributed by atoms with van der Waals surface area (Å²) in [6.45, 7) is 4.34. The second-order valence-electron chi connectivity index (χ2n) is 5.52. The lowest BCUT2D eigenvalue weighted by Crippen LogP contribution is -2.21. The van der Waals surface area contributed by atoms with Crippen molar-refractivity contribution < 1.29 is 19.7 Å². The minimum Gasteiger partial charge on any atom is -0.476 e. The molecule has 0 aliphatic rings. The summed E-state index contributed by atoms with van der Waals surface area (Å²) >= 11 is 0. The average Bonchev–Trinajstić information content (AvgIpc) is 2.93. The van der Waals surface area contributed by atoms with Gasteiger partial charge in [0.2, 0.25) is 0 Å². The highest BCUT2D eigenvalue weighted by Crippen LogP contribution is 2.28. The number of rotatable bonds is 9. The Morgan fingerprint density at radius 3 is 2.67 bits per heavy atom. The minimum atomic E-state index is -1.13. The molecule has 0 aliphatic heterocycles. The second-order valence-corrected chi connectivity index (χ2v) is 5.52. The summed E-state index contributed by atoms with van der Waals surface area (Å²) in [6, 6.07) is 9.30.